The molecule has 0 aromatic carbocycles. The highest BCUT2D eigenvalue weighted by molar-refractivity contribution is 6.07. The summed E-state index contributed by atoms with van der Waals surface area (Å²) in [4.78, 5) is 10.7. The van der Waals surface area contributed by atoms with Crippen LogP contribution in [0.5, 0.6) is 0 Å². The summed E-state index contributed by atoms with van der Waals surface area (Å²) in [5.74, 6) is -0.0361. The molecule has 1 aliphatic rings. The molecule has 1 rings (SSSR count). The molecule has 0 aromatic heterocycles. The van der Waals surface area contributed by atoms with Crippen molar-refractivity contribution >= 4 is 11.5 Å². The van der Waals surface area contributed by atoms with Crippen LogP contribution in [0.15, 0.2) is 28.1 Å². The molecule has 1 aliphatic heterocycles. The number of nitrogens with zero attached hydrogens (tertiary/aromatic N) is 3. The van der Waals surface area contributed by atoms with E-state index in [2.05, 4.69) is 22.0 Å². The molecule has 0 fully saturated rings. The fourth-order valence-electron chi connectivity index (χ4n) is 0.604. The molecule has 0 unspecified atom stereocenters. The highest BCUT2D eigenvalue weighted by atomic mass is 16.1. The minimum atomic E-state index is -0.0361. The summed E-state index contributed by atoms with van der Waals surface area (Å²) < 4.78 is 0. The minimum Gasteiger partial charge on any atom is -0.294 e. The largest absolute Gasteiger partial charge is 0.294 e. The smallest absolute Gasteiger partial charge is 0.160 e. The summed E-state index contributed by atoms with van der Waals surface area (Å²) >= 11 is 0. The molecule has 0 N–H and O–H groups in total. The van der Waals surface area contributed by atoms with E-state index >= 15 is 0 Å². The zero-order valence-electron chi connectivity index (χ0n) is 5.45. The third-order valence-corrected chi connectivity index (χ3v) is 1.11. The van der Waals surface area contributed by atoms with E-state index in [0.717, 1.165) is 0 Å². The SMILES string of the molecule is C=CC(=O)CC1=NN=NC1. The minimum absolute atomic E-state index is 0.0361. The van der Waals surface area contributed by atoms with Crippen LogP contribution in [0.4, 0.5) is 0 Å². The first-order chi connectivity index (χ1) is 4.83. The van der Waals surface area contributed by atoms with Gasteiger partial charge in [-0.25, -0.2) is 0 Å². The molecule has 10 heavy (non-hydrogen) atoms. The molecule has 0 amide bonds. The Labute approximate surface area is 58.3 Å². The number of carbonyl (C=O) groups is 1. The Hall–Kier alpha value is -1.32. The Kier molecular flexibility index (Phi) is 2.04. The third-order valence-electron chi connectivity index (χ3n) is 1.11. The summed E-state index contributed by atoms with van der Waals surface area (Å²) in [6, 6.07) is 0. The van der Waals surface area contributed by atoms with Gasteiger partial charge in [0.15, 0.2) is 5.78 Å². The molecule has 4 heteroatoms. The van der Waals surface area contributed by atoms with Crippen molar-refractivity contribution in [2.24, 2.45) is 15.4 Å². The summed E-state index contributed by atoms with van der Waals surface area (Å²) in [7, 11) is 0. The van der Waals surface area contributed by atoms with Crippen LogP contribution in [0.1, 0.15) is 6.42 Å². The zero-order chi connectivity index (χ0) is 7.40. The topological polar surface area (TPSA) is 54.1 Å². The average molecular weight is 137 g/mol. The second kappa shape index (κ2) is 3.00. The number of hydrogen-bond acceptors (Lipinski definition) is 4. The van der Waals surface area contributed by atoms with Gasteiger partial charge < -0.3 is 0 Å². The average Bonchev–Trinajstić information content (AvgIpc) is 2.40. The maximum Gasteiger partial charge on any atom is 0.160 e. The van der Waals surface area contributed by atoms with Crippen LogP contribution in [-0.4, -0.2) is 18.0 Å². The van der Waals surface area contributed by atoms with E-state index in [-0.39, 0.29) is 5.78 Å². The molecular formula is C6H7N3O. The van der Waals surface area contributed by atoms with Crippen LogP contribution < -0.4 is 0 Å². The van der Waals surface area contributed by atoms with Crippen LogP contribution in [0, 0.1) is 0 Å². The van der Waals surface area contributed by atoms with Gasteiger partial charge in [0.2, 0.25) is 0 Å². The van der Waals surface area contributed by atoms with Gasteiger partial charge in [-0.3, -0.25) is 4.79 Å². The number of hydrogen-bond donors (Lipinski definition) is 0. The van der Waals surface area contributed by atoms with Gasteiger partial charge in [-0.05, 0) is 11.3 Å². The summed E-state index contributed by atoms with van der Waals surface area (Å²) in [6.07, 6.45) is 1.58. The Morgan fingerprint density at radius 2 is 2.60 bits per heavy atom. The summed E-state index contributed by atoms with van der Waals surface area (Å²) in [6.45, 7) is 3.79. The highest BCUT2D eigenvalue weighted by Crippen LogP contribution is 1.99. The Morgan fingerprint density at radius 3 is 3.10 bits per heavy atom. The lowest BCUT2D eigenvalue weighted by Crippen LogP contribution is -2.05. The Balaban J connectivity index is 2.40. The maximum absolute atomic E-state index is 10.7. The van der Waals surface area contributed by atoms with E-state index < -0.39 is 0 Å². The maximum atomic E-state index is 10.7. The van der Waals surface area contributed by atoms with E-state index in [1.54, 1.807) is 0 Å². The first kappa shape index (κ1) is 6.80. The molecule has 1 heterocycles. The van der Waals surface area contributed by atoms with Gasteiger partial charge in [-0.2, -0.15) is 5.11 Å². The highest BCUT2D eigenvalue weighted by Gasteiger charge is 2.06. The lowest BCUT2D eigenvalue weighted by Gasteiger charge is -1.89. The fraction of sp³-hybridized carbons (Fsp3) is 0.333. The molecule has 0 bridgehead atoms. The Bertz CT molecular complexity index is 217. The van der Waals surface area contributed by atoms with Crippen molar-refractivity contribution in [1.29, 1.82) is 0 Å². The van der Waals surface area contributed by atoms with Crippen LogP contribution in [0.3, 0.4) is 0 Å². The van der Waals surface area contributed by atoms with Crippen LogP contribution >= 0.6 is 0 Å². The second-order valence-electron chi connectivity index (χ2n) is 1.90. The van der Waals surface area contributed by atoms with Crippen molar-refractivity contribution in [2.45, 2.75) is 6.42 Å². The number of ketones is 1. The van der Waals surface area contributed by atoms with Gasteiger partial charge in [0.05, 0.1) is 12.1 Å². The van der Waals surface area contributed by atoms with E-state index in [4.69, 9.17) is 0 Å². The molecule has 0 saturated carbocycles. The number of allylic oxidation sites excluding steroid dienone is 1. The molecule has 0 atom stereocenters. The van der Waals surface area contributed by atoms with E-state index in [0.29, 0.717) is 18.7 Å². The van der Waals surface area contributed by atoms with Crippen LogP contribution in [0.25, 0.3) is 0 Å². The van der Waals surface area contributed by atoms with Crippen molar-refractivity contribution in [3.63, 3.8) is 0 Å². The van der Waals surface area contributed by atoms with Gasteiger partial charge in [-0.15, -0.1) is 5.10 Å². The standard InChI is InChI=1S/C6H7N3O/c1-2-6(10)3-5-4-7-9-8-5/h2H,1,3-4H2. The number of carbonyl (C=O) groups excluding carboxylic acids is 1. The van der Waals surface area contributed by atoms with Crippen LogP contribution in [0.2, 0.25) is 0 Å². The summed E-state index contributed by atoms with van der Waals surface area (Å²) in [5.41, 5.74) is 0.713. The van der Waals surface area contributed by atoms with Crippen molar-refractivity contribution in [3.05, 3.63) is 12.7 Å². The van der Waals surface area contributed by atoms with Crippen molar-refractivity contribution in [3.8, 4) is 0 Å². The predicted octanol–water partition coefficient (Wildman–Crippen LogP) is 0.953. The van der Waals surface area contributed by atoms with Gasteiger partial charge in [-0.1, -0.05) is 6.58 Å². The van der Waals surface area contributed by atoms with E-state index in [1.165, 1.54) is 6.08 Å². The third kappa shape index (κ3) is 1.58. The molecule has 0 radical (unpaired) electrons. The quantitative estimate of drug-likeness (QED) is 0.534. The molecular weight excluding hydrogens is 130 g/mol. The van der Waals surface area contributed by atoms with Crippen LogP contribution in [-0.2, 0) is 4.79 Å². The van der Waals surface area contributed by atoms with E-state index in [1.807, 2.05) is 0 Å². The first-order valence-electron chi connectivity index (χ1n) is 2.90. The molecule has 0 spiro atoms. The van der Waals surface area contributed by atoms with Crippen molar-refractivity contribution < 1.29 is 4.79 Å². The molecule has 0 saturated heterocycles. The monoisotopic (exact) mass is 137 g/mol. The van der Waals surface area contributed by atoms with Gasteiger partial charge >= 0.3 is 0 Å². The fourth-order valence-corrected chi connectivity index (χ4v) is 0.604. The number of rotatable bonds is 3. The van der Waals surface area contributed by atoms with Gasteiger partial charge in [0.1, 0.15) is 6.54 Å². The van der Waals surface area contributed by atoms with Crippen molar-refractivity contribution in [2.75, 3.05) is 6.54 Å². The lowest BCUT2D eigenvalue weighted by atomic mass is 10.2. The molecule has 0 aromatic rings. The predicted molar refractivity (Wildman–Crippen MR) is 37.0 cm³/mol. The lowest BCUT2D eigenvalue weighted by molar-refractivity contribution is -0.113. The molecule has 4 nitrogen and oxygen atoms in total. The Morgan fingerprint density at radius 1 is 1.80 bits per heavy atom. The van der Waals surface area contributed by atoms with Gasteiger partial charge in [0.25, 0.3) is 0 Å². The molecule has 0 aliphatic carbocycles. The zero-order valence-corrected chi connectivity index (χ0v) is 5.45. The first-order valence-corrected chi connectivity index (χ1v) is 2.90. The van der Waals surface area contributed by atoms with E-state index in [9.17, 15) is 4.79 Å². The molecule has 52 valence electrons. The summed E-state index contributed by atoms with van der Waals surface area (Å²) in [5, 5.41) is 10.6. The normalized spacial score (nSPS) is 15.0. The van der Waals surface area contributed by atoms with Crippen molar-refractivity contribution in [1.82, 2.24) is 0 Å². The van der Waals surface area contributed by atoms with Gasteiger partial charge in [0, 0.05) is 0 Å². The second-order valence-corrected chi connectivity index (χ2v) is 1.90.